The number of nitrogens with zero attached hydrogens (tertiary/aromatic N) is 2. The highest BCUT2D eigenvalue weighted by molar-refractivity contribution is 7.85. The van der Waals surface area contributed by atoms with Gasteiger partial charge in [-0.25, -0.2) is 18.7 Å². The number of aryl methyl sites for hydroxylation is 1. The molecule has 22 heavy (non-hydrogen) atoms. The first-order valence-electron chi connectivity index (χ1n) is 6.96. The van der Waals surface area contributed by atoms with E-state index in [1.165, 1.54) is 0 Å². The molecule has 0 radical (unpaired) electrons. The predicted molar refractivity (Wildman–Crippen MR) is 77.2 cm³/mol. The molecule has 1 aromatic heterocycles. The van der Waals surface area contributed by atoms with E-state index >= 15 is 0 Å². The Bertz CT molecular complexity index is 627. The van der Waals surface area contributed by atoms with Crippen molar-refractivity contribution in [3.63, 3.8) is 0 Å². The lowest BCUT2D eigenvalue weighted by molar-refractivity contribution is -0.0361. The summed E-state index contributed by atoms with van der Waals surface area (Å²) in [4.78, 5) is 8.26. The summed E-state index contributed by atoms with van der Waals surface area (Å²) in [7, 11) is -3.57. The van der Waals surface area contributed by atoms with Gasteiger partial charge in [-0.2, -0.15) is 8.42 Å². The molecule has 6 nitrogen and oxygen atoms in total. The van der Waals surface area contributed by atoms with Crippen LogP contribution >= 0.6 is 0 Å². The molecule has 1 aromatic rings. The van der Waals surface area contributed by atoms with E-state index in [9.17, 15) is 17.2 Å². The number of hydrogen-bond acceptors (Lipinski definition) is 6. The van der Waals surface area contributed by atoms with Gasteiger partial charge in [0.2, 0.25) is 5.92 Å². The van der Waals surface area contributed by atoms with Gasteiger partial charge >= 0.3 is 0 Å². The third-order valence-corrected chi connectivity index (χ3v) is 3.92. The zero-order chi connectivity index (χ0) is 16.4. The Morgan fingerprint density at radius 1 is 1.36 bits per heavy atom. The first-order chi connectivity index (χ1) is 10.1. The van der Waals surface area contributed by atoms with E-state index in [-0.39, 0.29) is 31.3 Å². The van der Waals surface area contributed by atoms with Crippen molar-refractivity contribution in [1.82, 2.24) is 9.97 Å². The van der Waals surface area contributed by atoms with E-state index in [0.717, 1.165) is 6.26 Å². The molecule has 0 aliphatic heterocycles. The summed E-state index contributed by atoms with van der Waals surface area (Å²) >= 11 is 0. The van der Waals surface area contributed by atoms with Crippen LogP contribution in [0.1, 0.15) is 37.2 Å². The van der Waals surface area contributed by atoms with Crippen molar-refractivity contribution in [3.05, 3.63) is 17.6 Å². The lowest BCUT2D eigenvalue weighted by atomic mass is 9.92. The second kappa shape index (κ2) is 6.41. The lowest BCUT2D eigenvalue weighted by Crippen LogP contribution is -2.32. The standard InChI is InChI=1S/C13H19F2N3O3S/c1-9-7-11(17-10-3-5-13(14,15)6-4-10)18-12(16-9)8-21-22(2,19)20/h7,10H,3-6,8H2,1-2H3,(H,16,17,18). The second-order valence-electron chi connectivity index (χ2n) is 5.55. The molecule has 0 unspecified atom stereocenters. The van der Waals surface area contributed by atoms with Gasteiger partial charge in [-0.3, -0.25) is 4.18 Å². The first kappa shape index (κ1) is 17.0. The molecule has 1 N–H and O–H groups in total. The van der Waals surface area contributed by atoms with Gasteiger partial charge in [-0.15, -0.1) is 0 Å². The van der Waals surface area contributed by atoms with Crippen molar-refractivity contribution in [2.45, 2.75) is 51.2 Å². The zero-order valence-corrected chi connectivity index (χ0v) is 13.3. The summed E-state index contributed by atoms with van der Waals surface area (Å²) in [6, 6.07) is 1.62. The van der Waals surface area contributed by atoms with E-state index in [4.69, 9.17) is 0 Å². The molecule has 0 spiro atoms. The van der Waals surface area contributed by atoms with Gasteiger partial charge in [0.1, 0.15) is 12.4 Å². The van der Waals surface area contributed by atoms with Gasteiger partial charge in [-0.1, -0.05) is 0 Å². The number of halogens is 2. The molecular weight excluding hydrogens is 316 g/mol. The average Bonchev–Trinajstić information content (AvgIpc) is 2.38. The van der Waals surface area contributed by atoms with Crippen LogP contribution in [-0.4, -0.2) is 36.6 Å². The van der Waals surface area contributed by atoms with Gasteiger partial charge < -0.3 is 5.32 Å². The Hall–Kier alpha value is -1.35. The maximum Gasteiger partial charge on any atom is 0.264 e. The summed E-state index contributed by atoms with van der Waals surface area (Å²) in [5, 5.41) is 3.11. The minimum absolute atomic E-state index is 0.0717. The third-order valence-electron chi connectivity index (χ3n) is 3.37. The highest BCUT2D eigenvalue weighted by Crippen LogP contribution is 2.34. The molecule has 1 aliphatic carbocycles. The average molecular weight is 335 g/mol. The summed E-state index contributed by atoms with van der Waals surface area (Å²) < 4.78 is 52.9. The Morgan fingerprint density at radius 3 is 2.59 bits per heavy atom. The largest absolute Gasteiger partial charge is 0.367 e. The molecule has 124 valence electrons. The van der Waals surface area contributed by atoms with Gasteiger partial charge in [-0.05, 0) is 19.8 Å². The van der Waals surface area contributed by atoms with E-state index in [0.29, 0.717) is 24.4 Å². The monoisotopic (exact) mass is 335 g/mol. The van der Waals surface area contributed by atoms with Gasteiger partial charge in [0.25, 0.3) is 10.1 Å². The first-order valence-corrected chi connectivity index (χ1v) is 8.78. The van der Waals surface area contributed by atoms with E-state index in [1.54, 1.807) is 13.0 Å². The van der Waals surface area contributed by atoms with Crippen LogP contribution in [-0.2, 0) is 20.9 Å². The molecule has 0 saturated heterocycles. The van der Waals surface area contributed by atoms with Crippen LogP contribution < -0.4 is 5.32 Å². The van der Waals surface area contributed by atoms with Crippen LogP contribution in [0.25, 0.3) is 0 Å². The number of nitrogens with one attached hydrogen (secondary N) is 1. The molecule has 0 aromatic carbocycles. The maximum absolute atomic E-state index is 13.1. The van der Waals surface area contributed by atoms with Crippen molar-refractivity contribution < 1.29 is 21.4 Å². The van der Waals surface area contributed by atoms with Gasteiger partial charge in [0.15, 0.2) is 5.82 Å². The highest BCUT2D eigenvalue weighted by atomic mass is 32.2. The van der Waals surface area contributed by atoms with Crippen LogP contribution in [0, 0.1) is 6.92 Å². The van der Waals surface area contributed by atoms with Crippen molar-refractivity contribution in [2.24, 2.45) is 0 Å². The molecule has 1 fully saturated rings. The van der Waals surface area contributed by atoms with Gasteiger partial charge in [0.05, 0.1) is 6.26 Å². The normalized spacial score (nSPS) is 19.1. The van der Waals surface area contributed by atoms with Crippen LogP contribution in [0.3, 0.4) is 0 Å². The van der Waals surface area contributed by atoms with E-state index < -0.39 is 16.0 Å². The number of aromatic nitrogens is 2. The number of alkyl halides is 2. The fraction of sp³-hybridized carbons (Fsp3) is 0.692. The van der Waals surface area contributed by atoms with Crippen LogP contribution in [0.15, 0.2) is 6.07 Å². The number of anilines is 1. The Labute approximate surface area is 128 Å². The van der Waals surface area contributed by atoms with Crippen LogP contribution in [0.4, 0.5) is 14.6 Å². The van der Waals surface area contributed by atoms with Crippen LogP contribution in [0.2, 0.25) is 0 Å². The number of hydrogen-bond donors (Lipinski definition) is 1. The third kappa shape index (κ3) is 5.45. The Morgan fingerprint density at radius 2 is 2.00 bits per heavy atom. The Kier molecular flexibility index (Phi) is 4.96. The molecule has 1 heterocycles. The fourth-order valence-corrected chi connectivity index (χ4v) is 2.64. The van der Waals surface area contributed by atoms with Crippen molar-refractivity contribution in [2.75, 3.05) is 11.6 Å². The lowest BCUT2D eigenvalue weighted by Gasteiger charge is -2.29. The summed E-state index contributed by atoms with van der Waals surface area (Å²) in [5.74, 6) is -1.85. The molecule has 1 aliphatic rings. The molecule has 0 amide bonds. The number of rotatable bonds is 5. The summed E-state index contributed by atoms with van der Waals surface area (Å²) in [6.45, 7) is 1.49. The molecular formula is C13H19F2N3O3S. The maximum atomic E-state index is 13.1. The molecule has 9 heteroatoms. The minimum atomic E-state index is -3.57. The van der Waals surface area contributed by atoms with E-state index in [1.807, 2.05) is 0 Å². The van der Waals surface area contributed by atoms with Crippen molar-refractivity contribution >= 4 is 15.9 Å². The zero-order valence-electron chi connectivity index (χ0n) is 12.5. The molecule has 2 rings (SSSR count). The molecule has 0 bridgehead atoms. The van der Waals surface area contributed by atoms with Gasteiger partial charge in [0, 0.05) is 30.6 Å². The van der Waals surface area contributed by atoms with E-state index in [2.05, 4.69) is 19.5 Å². The SMILES string of the molecule is Cc1cc(NC2CCC(F)(F)CC2)nc(COS(C)(=O)=O)n1. The van der Waals surface area contributed by atoms with Crippen molar-refractivity contribution in [3.8, 4) is 0 Å². The van der Waals surface area contributed by atoms with Crippen LogP contribution in [0.5, 0.6) is 0 Å². The quantitative estimate of drug-likeness (QED) is 0.831. The predicted octanol–water partition coefficient (Wildman–Crippen LogP) is 2.25. The smallest absolute Gasteiger partial charge is 0.264 e. The molecule has 1 saturated carbocycles. The minimum Gasteiger partial charge on any atom is -0.367 e. The topological polar surface area (TPSA) is 81.2 Å². The fourth-order valence-electron chi connectivity index (χ4n) is 2.32. The molecule has 0 atom stereocenters. The van der Waals surface area contributed by atoms with Crippen molar-refractivity contribution in [1.29, 1.82) is 0 Å². The summed E-state index contributed by atoms with van der Waals surface area (Å²) in [6.07, 6.45) is 1.40. The summed E-state index contributed by atoms with van der Waals surface area (Å²) in [5.41, 5.74) is 0.644. The highest BCUT2D eigenvalue weighted by Gasteiger charge is 2.34. The second-order valence-corrected chi connectivity index (χ2v) is 7.20. The Balaban J connectivity index is 2.01.